The van der Waals surface area contributed by atoms with Gasteiger partial charge in [0.2, 0.25) is 0 Å². The summed E-state index contributed by atoms with van der Waals surface area (Å²) in [5, 5.41) is 1.48. The minimum absolute atomic E-state index is 0.191. The van der Waals surface area contributed by atoms with Crippen LogP contribution in [0.15, 0.2) is 88.7 Å². The molecule has 0 aliphatic carbocycles. The Kier molecular flexibility index (Phi) is 7.94. The van der Waals surface area contributed by atoms with Crippen molar-refractivity contribution in [3.8, 4) is 0 Å². The van der Waals surface area contributed by atoms with Crippen molar-refractivity contribution in [3.63, 3.8) is 0 Å². The number of thioether (sulfide) groups is 2. The van der Waals surface area contributed by atoms with Gasteiger partial charge in [0.15, 0.2) is 0 Å². The minimum Gasteiger partial charge on any atom is -0.398 e. The Labute approximate surface area is 171 Å². The lowest BCUT2D eigenvalue weighted by Crippen LogP contribution is -2.09. The topological polar surface area (TPSA) is 52.0 Å². The van der Waals surface area contributed by atoms with Crippen molar-refractivity contribution in [3.05, 3.63) is 78.9 Å². The first kappa shape index (κ1) is 20.1. The summed E-state index contributed by atoms with van der Waals surface area (Å²) in [6.45, 7) is 0. The second-order valence-electron chi connectivity index (χ2n) is 6.10. The molecule has 0 saturated heterocycles. The molecule has 0 bridgehead atoms. The first-order chi connectivity index (χ1) is 13.2. The normalized spacial score (nSPS) is 11.0. The highest BCUT2D eigenvalue weighted by molar-refractivity contribution is 8.00. The molecule has 0 saturated carbocycles. The Bertz CT molecular complexity index is 791. The van der Waals surface area contributed by atoms with E-state index in [9.17, 15) is 0 Å². The van der Waals surface area contributed by atoms with Crippen LogP contribution in [0.4, 0.5) is 11.4 Å². The summed E-state index contributed by atoms with van der Waals surface area (Å²) >= 11 is 3.73. The lowest BCUT2D eigenvalue weighted by Gasteiger charge is -2.18. The van der Waals surface area contributed by atoms with Gasteiger partial charge in [0, 0.05) is 32.7 Å². The Morgan fingerprint density at radius 1 is 0.593 bits per heavy atom. The maximum atomic E-state index is 6.08. The largest absolute Gasteiger partial charge is 0.398 e. The van der Waals surface area contributed by atoms with E-state index in [0.29, 0.717) is 0 Å². The van der Waals surface area contributed by atoms with Crippen molar-refractivity contribution < 1.29 is 0 Å². The molecule has 140 valence electrons. The van der Waals surface area contributed by atoms with Crippen molar-refractivity contribution in [1.82, 2.24) is 0 Å². The van der Waals surface area contributed by atoms with E-state index >= 15 is 0 Å². The highest BCUT2D eigenvalue weighted by atomic mass is 32.2. The van der Waals surface area contributed by atoms with E-state index in [1.807, 2.05) is 47.8 Å². The third-order valence-electron chi connectivity index (χ3n) is 4.20. The Morgan fingerprint density at radius 2 is 1.04 bits per heavy atom. The molecular formula is C22H25N2PS2. The molecule has 0 fully saturated rings. The number of anilines is 2. The number of hydrogen-bond donors (Lipinski definition) is 2. The molecule has 4 N–H and O–H groups in total. The number of rotatable bonds is 9. The zero-order chi connectivity index (χ0) is 18.9. The van der Waals surface area contributed by atoms with Crippen LogP contribution in [0.3, 0.4) is 0 Å². The average molecular weight is 413 g/mol. The van der Waals surface area contributed by atoms with E-state index in [-0.39, 0.29) is 7.92 Å². The van der Waals surface area contributed by atoms with Gasteiger partial charge in [-0.2, -0.15) is 0 Å². The van der Waals surface area contributed by atoms with Crippen LogP contribution in [0.25, 0.3) is 0 Å². The van der Waals surface area contributed by atoms with Crippen molar-refractivity contribution >= 4 is 48.1 Å². The van der Waals surface area contributed by atoms with E-state index in [2.05, 4.69) is 54.6 Å². The Hall–Kier alpha value is -1.61. The zero-order valence-electron chi connectivity index (χ0n) is 15.3. The van der Waals surface area contributed by atoms with Crippen LogP contribution in [-0.4, -0.2) is 23.8 Å². The van der Waals surface area contributed by atoms with E-state index < -0.39 is 0 Å². The van der Waals surface area contributed by atoms with Crippen molar-refractivity contribution in [2.24, 2.45) is 0 Å². The van der Waals surface area contributed by atoms with E-state index in [1.165, 1.54) is 27.4 Å². The van der Waals surface area contributed by atoms with Gasteiger partial charge in [-0.1, -0.05) is 62.5 Å². The molecular weight excluding hydrogens is 387 g/mol. The first-order valence-corrected chi connectivity index (χ1v) is 12.7. The first-order valence-electron chi connectivity index (χ1n) is 8.98. The van der Waals surface area contributed by atoms with Crippen molar-refractivity contribution in [2.75, 3.05) is 35.3 Å². The maximum absolute atomic E-state index is 6.08. The molecule has 0 spiro atoms. The zero-order valence-corrected chi connectivity index (χ0v) is 17.8. The molecule has 2 nitrogen and oxygen atoms in total. The summed E-state index contributed by atoms with van der Waals surface area (Å²) in [5.74, 6) is 2.18. The van der Waals surface area contributed by atoms with Gasteiger partial charge >= 0.3 is 0 Å². The number of hydrogen-bond acceptors (Lipinski definition) is 4. The lowest BCUT2D eigenvalue weighted by molar-refractivity contribution is 1.40. The third-order valence-corrected chi connectivity index (χ3v) is 9.54. The van der Waals surface area contributed by atoms with Gasteiger partial charge in [-0.05, 0) is 41.9 Å². The standard InChI is InChI=1S/C22H25N2PS2/c23-19-10-4-6-12-21(19)26-16-14-25(18-8-2-1-3-9-18)15-17-27-22-13-7-5-11-20(22)24/h1-13H,14-17,23-24H2. The van der Waals surface area contributed by atoms with Crippen LogP contribution < -0.4 is 16.8 Å². The number of para-hydroxylation sites is 2. The van der Waals surface area contributed by atoms with Crippen molar-refractivity contribution in [2.45, 2.75) is 9.79 Å². The summed E-state index contributed by atoms with van der Waals surface area (Å²) in [6, 6.07) is 27.2. The van der Waals surface area contributed by atoms with E-state index in [0.717, 1.165) is 22.9 Å². The second-order valence-corrected chi connectivity index (χ2v) is 10.9. The number of benzene rings is 3. The fourth-order valence-electron chi connectivity index (χ4n) is 2.76. The van der Waals surface area contributed by atoms with Gasteiger partial charge in [0.25, 0.3) is 0 Å². The van der Waals surface area contributed by atoms with Crippen LogP contribution in [0, 0.1) is 0 Å². The fourth-order valence-corrected chi connectivity index (χ4v) is 7.85. The molecule has 0 unspecified atom stereocenters. The summed E-state index contributed by atoms with van der Waals surface area (Å²) in [6.07, 6.45) is 2.40. The molecule has 0 atom stereocenters. The lowest BCUT2D eigenvalue weighted by atomic mass is 10.3. The van der Waals surface area contributed by atoms with Crippen LogP contribution in [0.1, 0.15) is 0 Å². The van der Waals surface area contributed by atoms with Crippen molar-refractivity contribution in [1.29, 1.82) is 0 Å². The van der Waals surface area contributed by atoms with Gasteiger partial charge in [0.1, 0.15) is 0 Å². The van der Waals surface area contributed by atoms with Gasteiger partial charge in [-0.3, -0.25) is 0 Å². The second kappa shape index (κ2) is 10.7. The highest BCUT2D eigenvalue weighted by Crippen LogP contribution is 2.38. The van der Waals surface area contributed by atoms with Gasteiger partial charge < -0.3 is 11.5 Å². The van der Waals surface area contributed by atoms with Crippen LogP contribution in [-0.2, 0) is 0 Å². The van der Waals surface area contributed by atoms with Crippen LogP contribution in [0.5, 0.6) is 0 Å². The predicted molar refractivity (Wildman–Crippen MR) is 126 cm³/mol. The molecule has 0 heterocycles. The van der Waals surface area contributed by atoms with Crippen LogP contribution in [0.2, 0.25) is 0 Å². The summed E-state index contributed by atoms with van der Waals surface area (Å²) in [4.78, 5) is 2.37. The number of nitrogen functional groups attached to an aromatic ring is 2. The molecule has 0 aliphatic rings. The molecule has 27 heavy (non-hydrogen) atoms. The molecule has 0 aromatic heterocycles. The Balaban J connectivity index is 1.58. The summed E-state index contributed by atoms with van der Waals surface area (Å²) in [5.41, 5.74) is 13.9. The minimum atomic E-state index is -0.191. The molecule has 3 rings (SSSR count). The highest BCUT2D eigenvalue weighted by Gasteiger charge is 2.12. The number of nitrogens with two attached hydrogens (primary N) is 2. The van der Waals surface area contributed by atoms with Crippen LogP contribution >= 0.6 is 31.4 Å². The fraction of sp³-hybridized carbons (Fsp3) is 0.182. The molecule has 3 aromatic carbocycles. The van der Waals surface area contributed by atoms with Gasteiger partial charge in [-0.25, -0.2) is 0 Å². The molecule has 0 radical (unpaired) electrons. The molecule has 0 aliphatic heterocycles. The smallest absolute Gasteiger partial charge is 0.0452 e. The predicted octanol–water partition coefficient (Wildman–Crippen LogP) is 5.54. The SMILES string of the molecule is Nc1ccccc1SCCP(CCSc1ccccc1N)c1ccccc1. The van der Waals surface area contributed by atoms with E-state index in [4.69, 9.17) is 11.5 Å². The molecule has 5 heteroatoms. The molecule has 0 amide bonds. The summed E-state index contributed by atoms with van der Waals surface area (Å²) in [7, 11) is -0.191. The monoisotopic (exact) mass is 412 g/mol. The average Bonchev–Trinajstić information content (AvgIpc) is 2.70. The summed E-state index contributed by atoms with van der Waals surface area (Å²) < 4.78 is 0. The van der Waals surface area contributed by atoms with Gasteiger partial charge in [0.05, 0.1) is 0 Å². The quantitative estimate of drug-likeness (QED) is 0.275. The maximum Gasteiger partial charge on any atom is 0.0452 e. The third kappa shape index (κ3) is 6.21. The van der Waals surface area contributed by atoms with E-state index in [1.54, 1.807) is 0 Å². The Morgan fingerprint density at radius 3 is 1.52 bits per heavy atom. The van der Waals surface area contributed by atoms with Gasteiger partial charge in [-0.15, -0.1) is 23.5 Å². The molecule has 3 aromatic rings.